The molecule has 0 aliphatic heterocycles. The van der Waals surface area contributed by atoms with Crippen molar-refractivity contribution in [3.05, 3.63) is 29.8 Å². The Balaban J connectivity index is 2.63. The summed E-state index contributed by atoms with van der Waals surface area (Å²) in [6.45, 7) is 1.88. The first-order valence-corrected chi connectivity index (χ1v) is 6.09. The zero-order valence-corrected chi connectivity index (χ0v) is 10.7. The SMILES string of the molecule is CCCC(CC(=O)Nc1cccc(C#N)c1)C(=O)O. The second-order valence-electron chi connectivity index (χ2n) is 4.27. The highest BCUT2D eigenvalue weighted by atomic mass is 16.4. The lowest BCUT2D eigenvalue weighted by Crippen LogP contribution is -2.22. The van der Waals surface area contributed by atoms with E-state index in [1.54, 1.807) is 24.3 Å². The summed E-state index contributed by atoms with van der Waals surface area (Å²) in [5, 5.41) is 20.3. The van der Waals surface area contributed by atoms with Gasteiger partial charge in [0, 0.05) is 12.1 Å². The van der Waals surface area contributed by atoms with E-state index in [-0.39, 0.29) is 12.3 Å². The molecule has 1 atom stereocenters. The lowest BCUT2D eigenvalue weighted by molar-refractivity contribution is -0.143. The third-order valence-electron chi connectivity index (χ3n) is 2.69. The molecule has 1 rings (SSSR count). The van der Waals surface area contributed by atoms with Crippen molar-refractivity contribution in [2.45, 2.75) is 26.2 Å². The number of hydrogen-bond acceptors (Lipinski definition) is 3. The molecule has 5 nitrogen and oxygen atoms in total. The highest BCUT2D eigenvalue weighted by Gasteiger charge is 2.20. The van der Waals surface area contributed by atoms with Crippen LogP contribution in [0.2, 0.25) is 0 Å². The lowest BCUT2D eigenvalue weighted by Gasteiger charge is -2.11. The molecule has 0 fully saturated rings. The maximum Gasteiger partial charge on any atom is 0.307 e. The molecule has 0 radical (unpaired) electrons. The minimum absolute atomic E-state index is 0.0556. The number of anilines is 1. The quantitative estimate of drug-likeness (QED) is 0.821. The number of carbonyl (C=O) groups is 2. The molecule has 1 aromatic rings. The Hall–Kier alpha value is -2.35. The summed E-state index contributed by atoms with van der Waals surface area (Å²) in [5.74, 6) is -1.97. The number of nitriles is 1. The van der Waals surface area contributed by atoms with Crippen LogP contribution in [-0.2, 0) is 9.59 Å². The average Bonchev–Trinajstić information content (AvgIpc) is 2.38. The molecular formula is C14H16N2O3. The van der Waals surface area contributed by atoms with Crippen LogP contribution in [0, 0.1) is 17.2 Å². The molecule has 5 heteroatoms. The third-order valence-corrected chi connectivity index (χ3v) is 2.69. The highest BCUT2D eigenvalue weighted by Crippen LogP contribution is 2.15. The molecule has 0 bridgehead atoms. The zero-order valence-electron chi connectivity index (χ0n) is 10.7. The monoisotopic (exact) mass is 260 g/mol. The maximum atomic E-state index is 11.7. The summed E-state index contributed by atoms with van der Waals surface area (Å²) in [6.07, 6.45) is 1.13. The average molecular weight is 260 g/mol. The molecule has 1 unspecified atom stereocenters. The number of carboxylic acid groups (broad SMARTS) is 1. The first-order chi connectivity index (χ1) is 9.06. The molecule has 0 heterocycles. The standard InChI is InChI=1S/C14H16N2O3/c1-2-4-11(14(18)19)8-13(17)16-12-6-3-5-10(7-12)9-15/h3,5-7,11H,2,4,8H2,1H3,(H,16,17)(H,18,19). The van der Waals surface area contributed by atoms with Crippen molar-refractivity contribution >= 4 is 17.6 Å². The first-order valence-electron chi connectivity index (χ1n) is 6.09. The number of nitrogens with one attached hydrogen (secondary N) is 1. The van der Waals surface area contributed by atoms with Crippen LogP contribution in [-0.4, -0.2) is 17.0 Å². The fraction of sp³-hybridized carbons (Fsp3) is 0.357. The highest BCUT2D eigenvalue weighted by molar-refractivity contribution is 5.93. The Morgan fingerprint density at radius 2 is 2.21 bits per heavy atom. The molecular weight excluding hydrogens is 244 g/mol. The Kier molecular flexibility index (Phi) is 5.55. The number of amides is 1. The van der Waals surface area contributed by atoms with Gasteiger partial charge in [-0.3, -0.25) is 9.59 Å². The van der Waals surface area contributed by atoms with Gasteiger partial charge < -0.3 is 10.4 Å². The minimum atomic E-state index is -0.956. The van der Waals surface area contributed by atoms with Gasteiger partial charge in [-0.2, -0.15) is 5.26 Å². The first kappa shape index (κ1) is 14.7. The summed E-state index contributed by atoms with van der Waals surface area (Å²) < 4.78 is 0. The van der Waals surface area contributed by atoms with Gasteiger partial charge in [-0.1, -0.05) is 19.4 Å². The third kappa shape index (κ3) is 4.80. The van der Waals surface area contributed by atoms with E-state index < -0.39 is 11.9 Å². The number of benzene rings is 1. The normalized spacial score (nSPS) is 11.4. The van der Waals surface area contributed by atoms with Crippen molar-refractivity contribution in [2.24, 2.45) is 5.92 Å². The van der Waals surface area contributed by atoms with E-state index in [1.165, 1.54) is 0 Å². The van der Waals surface area contributed by atoms with Gasteiger partial charge in [-0.25, -0.2) is 0 Å². The van der Waals surface area contributed by atoms with Crippen LogP contribution in [0.5, 0.6) is 0 Å². The summed E-state index contributed by atoms with van der Waals surface area (Å²) in [6, 6.07) is 8.48. The zero-order chi connectivity index (χ0) is 14.3. The topological polar surface area (TPSA) is 90.2 Å². The van der Waals surface area contributed by atoms with E-state index >= 15 is 0 Å². The summed E-state index contributed by atoms with van der Waals surface area (Å²) in [7, 11) is 0. The van der Waals surface area contributed by atoms with Crippen LogP contribution < -0.4 is 5.32 Å². The van der Waals surface area contributed by atoms with Gasteiger partial charge >= 0.3 is 5.97 Å². The lowest BCUT2D eigenvalue weighted by atomic mass is 9.99. The minimum Gasteiger partial charge on any atom is -0.481 e. The van der Waals surface area contributed by atoms with Gasteiger partial charge in [0.25, 0.3) is 0 Å². The largest absolute Gasteiger partial charge is 0.481 e. The van der Waals surface area contributed by atoms with Crippen LogP contribution in [0.15, 0.2) is 24.3 Å². The van der Waals surface area contributed by atoms with Crippen LogP contribution in [0.3, 0.4) is 0 Å². The molecule has 1 amide bonds. The molecule has 0 aliphatic rings. The maximum absolute atomic E-state index is 11.7. The van der Waals surface area contributed by atoms with Crippen molar-refractivity contribution in [3.63, 3.8) is 0 Å². The molecule has 19 heavy (non-hydrogen) atoms. The van der Waals surface area contributed by atoms with Gasteiger partial charge in [0.1, 0.15) is 0 Å². The molecule has 0 aromatic heterocycles. The van der Waals surface area contributed by atoms with Crippen molar-refractivity contribution in [1.82, 2.24) is 0 Å². The summed E-state index contributed by atoms with van der Waals surface area (Å²) >= 11 is 0. The Bertz CT molecular complexity index is 506. The predicted octanol–water partition coefficient (Wildman–Crippen LogP) is 2.39. The molecule has 0 spiro atoms. The predicted molar refractivity (Wildman–Crippen MR) is 70.4 cm³/mol. The van der Waals surface area contributed by atoms with Crippen molar-refractivity contribution in [2.75, 3.05) is 5.32 Å². The molecule has 0 aliphatic carbocycles. The summed E-state index contributed by atoms with van der Waals surface area (Å²) in [5.41, 5.74) is 0.950. The Labute approximate surface area is 111 Å². The number of carbonyl (C=O) groups excluding carboxylic acids is 1. The number of hydrogen-bond donors (Lipinski definition) is 2. The van der Waals surface area contributed by atoms with E-state index in [0.717, 1.165) is 0 Å². The van der Waals surface area contributed by atoms with Gasteiger partial charge in [0.15, 0.2) is 0 Å². The van der Waals surface area contributed by atoms with Crippen LogP contribution in [0.4, 0.5) is 5.69 Å². The smallest absolute Gasteiger partial charge is 0.307 e. The molecule has 100 valence electrons. The van der Waals surface area contributed by atoms with Crippen molar-refractivity contribution in [1.29, 1.82) is 5.26 Å². The van der Waals surface area contributed by atoms with E-state index in [0.29, 0.717) is 24.1 Å². The molecule has 1 aromatic carbocycles. The van der Waals surface area contributed by atoms with Gasteiger partial charge in [0.05, 0.1) is 17.6 Å². The molecule has 2 N–H and O–H groups in total. The molecule has 0 saturated carbocycles. The van der Waals surface area contributed by atoms with E-state index in [2.05, 4.69) is 5.32 Å². The van der Waals surface area contributed by atoms with E-state index in [9.17, 15) is 9.59 Å². The van der Waals surface area contributed by atoms with Crippen LogP contribution in [0.1, 0.15) is 31.7 Å². The van der Waals surface area contributed by atoms with Crippen molar-refractivity contribution < 1.29 is 14.7 Å². The second kappa shape index (κ2) is 7.17. The summed E-state index contributed by atoms with van der Waals surface area (Å²) in [4.78, 5) is 22.7. The van der Waals surface area contributed by atoms with E-state index in [1.807, 2.05) is 13.0 Å². The fourth-order valence-electron chi connectivity index (χ4n) is 1.76. The Morgan fingerprint density at radius 3 is 2.79 bits per heavy atom. The van der Waals surface area contributed by atoms with Crippen LogP contribution in [0.25, 0.3) is 0 Å². The van der Waals surface area contributed by atoms with Crippen LogP contribution >= 0.6 is 0 Å². The van der Waals surface area contributed by atoms with Gasteiger partial charge in [-0.05, 0) is 24.6 Å². The van der Waals surface area contributed by atoms with Gasteiger partial charge in [-0.15, -0.1) is 0 Å². The number of rotatable bonds is 6. The number of nitrogens with zero attached hydrogens (tertiary/aromatic N) is 1. The Morgan fingerprint density at radius 1 is 1.47 bits per heavy atom. The molecule has 0 saturated heterocycles. The number of aliphatic carboxylic acids is 1. The van der Waals surface area contributed by atoms with Crippen molar-refractivity contribution in [3.8, 4) is 6.07 Å². The number of carboxylic acids is 1. The second-order valence-corrected chi connectivity index (χ2v) is 4.27. The fourth-order valence-corrected chi connectivity index (χ4v) is 1.76. The van der Waals surface area contributed by atoms with E-state index in [4.69, 9.17) is 10.4 Å². The van der Waals surface area contributed by atoms with Gasteiger partial charge in [0.2, 0.25) is 5.91 Å².